The summed E-state index contributed by atoms with van der Waals surface area (Å²) in [6.45, 7) is 0. The standard InChI is InChI=1S/C5H6N2O3/c8-4-1-3(5(9)10)6-2-7-4/h1-2,5,9-10H,(H,6,7,8). The van der Waals surface area contributed by atoms with Crippen molar-refractivity contribution >= 4 is 0 Å². The topological polar surface area (TPSA) is 86.2 Å². The Morgan fingerprint density at radius 3 is 2.70 bits per heavy atom. The van der Waals surface area contributed by atoms with E-state index >= 15 is 0 Å². The van der Waals surface area contributed by atoms with Crippen LogP contribution >= 0.6 is 0 Å². The molecule has 1 heterocycles. The van der Waals surface area contributed by atoms with Crippen molar-refractivity contribution < 1.29 is 10.2 Å². The molecule has 0 aliphatic heterocycles. The predicted octanol–water partition coefficient (Wildman–Crippen LogP) is -1.25. The molecule has 3 N–H and O–H groups in total. The van der Waals surface area contributed by atoms with Gasteiger partial charge >= 0.3 is 0 Å². The van der Waals surface area contributed by atoms with Gasteiger partial charge in [0, 0.05) is 6.07 Å². The number of hydrogen-bond acceptors (Lipinski definition) is 4. The summed E-state index contributed by atoms with van der Waals surface area (Å²) in [7, 11) is 0. The van der Waals surface area contributed by atoms with Gasteiger partial charge in [-0.15, -0.1) is 0 Å². The number of aliphatic hydroxyl groups excluding tert-OH is 1. The van der Waals surface area contributed by atoms with E-state index in [-0.39, 0.29) is 5.69 Å². The third-order valence-electron chi connectivity index (χ3n) is 0.964. The van der Waals surface area contributed by atoms with E-state index in [9.17, 15) is 4.79 Å². The minimum atomic E-state index is -1.68. The van der Waals surface area contributed by atoms with E-state index < -0.39 is 11.8 Å². The van der Waals surface area contributed by atoms with Crippen molar-refractivity contribution in [3.8, 4) is 0 Å². The lowest BCUT2D eigenvalue weighted by Gasteiger charge is -1.98. The molecular weight excluding hydrogens is 136 g/mol. The molecule has 1 aromatic heterocycles. The zero-order valence-electron chi connectivity index (χ0n) is 4.98. The molecular formula is C5H6N2O3. The van der Waals surface area contributed by atoms with E-state index in [1.54, 1.807) is 0 Å². The molecule has 1 aromatic rings. The van der Waals surface area contributed by atoms with Crippen LogP contribution in [0.5, 0.6) is 0 Å². The number of nitrogens with one attached hydrogen (secondary N) is 1. The first kappa shape index (κ1) is 6.91. The minimum absolute atomic E-state index is 0.0521. The van der Waals surface area contributed by atoms with Gasteiger partial charge in [-0.2, -0.15) is 0 Å². The first-order valence-corrected chi connectivity index (χ1v) is 2.61. The quantitative estimate of drug-likeness (QED) is 0.428. The summed E-state index contributed by atoms with van der Waals surface area (Å²) in [6.07, 6.45) is -0.570. The number of H-pyrrole nitrogens is 1. The monoisotopic (exact) mass is 142 g/mol. The van der Waals surface area contributed by atoms with Crippen molar-refractivity contribution in [1.82, 2.24) is 9.97 Å². The highest BCUT2D eigenvalue weighted by atomic mass is 16.5. The Kier molecular flexibility index (Phi) is 1.79. The van der Waals surface area contributed by atoms with Gasteiger partial charge < -0.3 is 15.2 Å². The molecule has 0 amide bonds. The smallest absolute Gasteiger partial charge is 0.251 e. The van der Waals surface area contributed by atoms with Crippen molar-refractivity contribution in [1.29, 1.82) is 0 Å². The van der Waals surface area contributed by atoms with Crippen LogP contribution in [0.3, 0.4) is 0 Å². The van der Waals surface area contributed by atoms with Crippen LogP contribution in [0.2, 0.25) is 0 Å². The van der Waals surface area contributed by atoms with Crippen LogP contribution < -0.4 is 5.56 Å². The first-order valence-electron chi connectivity index (χ1n) is 2.61. The summed E-state index contributed by atoms with van der Waals surface area (Å²) < 4.78 is 0. The summed E-state index contributed by atoms with van der Waals surface area (Å²) in [5, 5.41) is 17.0. The largest absolute Gasteiger partial charge is 0.363 e. The van der Waals surface area contributed by atoms with Crippen LogP contribution in [-0.2, 0) is 0 Å². The SMILES string of the molecule is O=c1cc(C(O)O)nc[nH]1. The number of aliphatic hydroxyl groups is 2. The van der Waals surface area contributed by atoms with Crippen LogP contribution in [0.4, 0.5) is 0 Å². The van der Waals surface area contributed by atoms with E-state index in [2.05, 4.69) is 9.97 Å². The van der Waals surface area contributed by atoms with Crippen molar-refractivity contribution in [2.75, 3.05) is 0 Å². The molecule has 0 saturated carbocycles. The predicted molar refractivity (Wildman–Crippen MR) is 32.0 cm³/mol. The molecule has 0 aromatic carbocycles. The zero-order valence-corrected chi connectivity index (χ0v) is 4.98. The van der Waals surface area contributed by atoms with Gasteiger partial charge in [0.05, 0.1) is 6.33 Å². The molecule has 0 aliphatic carbocycles. The van der Waals surface area contributed by atoms with Gasteiger partial charge in [0.2, 0.25) is 0 Å². The summed E-state index contributed by atoms with van der Waals surface area (Å²) in [5.74, 6) is 0. The Bertz CT molecular complexity index is 268. The third-order valence-corrected chi connectivity index (χ3v) is 0.964. The molecule has 0 radical (unpaired) electrons. The van der Waals surface area contributed by atoms with E-state index in [0.29, 0.717) is 0 Å². The molecule has 54 valence electrons. The Labute approximate surface area is 56.0 Å². The second kappa shape index (κ2) is 2.59. The normalized spacial score (nSPS) is 10.3. The fourth-order valence-corrected chi connectivity index (χ4v) is 0.525. The highest BCUT2D eigenvalue weighted by Gasteiger charge is 2.02. The Morgan fingerprint density at radius 2 is 2.30 bits per heavy atom. The Hall–Kier alpha value is -1.20. The van der Waals surface area contributed by atoms with Crippen molar-refractivity contribution in [3.05, 3.63) is 28.4 Å². The van der Waals surface area contributed by atoms with Gasteiger partial charge in [0.15, 0.2) is 6.29 Å². The van der Waals surface area contributed by atoms with Crippen LogP contribution in [-0.4, -0.2) is 20.2 Å². The summed E-state index contributed by atoms with van der Waals surface area (Å²) in [6, 6.07) is 1.02. The van der Waals surface area contributed by atoms with Crippen molar-refractivity contribution in [3.63, 3.8) is 0 Å². The van der Waals surface area contributed by atoms with Crippen LogP contribution in [0.15, 0.2) is 17.2 Å². The van der Waals surface area contributed by atoms with Gasteiger partial charge in [0.1, 0.15) is 5.69 Å². The van der Waals surface area contributed by atoms with Gasteiger partial charge in [-0.3, -0.25) is 4.79 Å². The summed E-state index contributed by atoms with van der Waals surface area (Å²) in [5.41, 5.74) is -0.457. The molecule has 10 heavy (non-hydrogen) atoms. The molecule has 0 atom stereocenters. The van der Waals surface area contributed by atoms with Gasteiger partial charge in [-0.1, -0.05) is 0 Å². The van der Waals surface area contributed by atoms with Gasteiger partial charge in [-0.05, 0) is 0 Å². The maximum Gasteiger partial charge on any atom is 0.251 e. The molecule has 5 heteroatoms. The number of aromatic nitrogens is 2. The second-order valence-electron chi connectivity index (χ2n) is 1.71. The Balaban J connectivity index is 3.07. The van der Waals surface area contributed by atoms with Crippen LogP contribution in [0.25, 0.3) is 0 Å². The van der Waals surface area contributed by atoms with Gasteiger partial charge in [-0.25, -0.2) is 4.98 Å². The Morgan fingerprint density at radius 1 is 1.60 bits per heavy atom. The molecule has 0 spiro atoms. The molecule has 0 bridgehead atoms. The second-order valence-corrected chi connectivity index (χ2v) is 1.71. The molecule has 0 saturated heterocycles. The fourth-order valence-electron chi connectivity index (χ4n) is 0.525. The van der Waals surface area contributed by atoms with E-state index in [1.165, 1.54) is 0 Å². The lowest BCUT2D eigenvalue weighted by Crippen LogP contribution is -2.09. The highest BCUT2D eigenvalue weighted by molar-refractivity contribution is 4.98. The molecule has 0 unspecified atom stereocenters. The number of nitrogens with zero attached hydrogens (tertiary/aromatic N) is 1. The lowest BCUT2D eigenvalue weighted by atomic mass is 10.4. The fraction of sp³-hybridized carbons (Fsp3) is 0.200. The number of aromatic amines is 1. The van der Waals surface area contributed by atoms with Crippen molar-refractivity contribution in [2.45, 2.75) is 6.29 Å². The van der Waals surface area contributed by atoms with Crippen molar-refractivity contribution in [2.24, 2.45) is 0 Å². The lowest BCUT2D eigenvalue weighted by molar-refractivity contribution is -0.0460. The van der Waals surface area contributed by atoms with E-state index in [0.717, 1.165) is 12.4 Å². The average molecular weight is 142 g/mol. The summed E-state index contributed by atoms with van der Waals surface area (Å²) >= 11 is 0. The van der Waals surface area contributed by atoms with Crippen LogP contribution in [0, 0.1) is 0 Å². The first-order chi connectivity index (χ1) is 4.70. The maximum atomic E-state index is 10.5. The third kappa shape index (κ3) is 1.40. The number of rotatable bonds is 1. The summed E-state index contributed by atoms with van der Waals surface area (Å²) in [4.78, 5) is 16.2. The van der Waals surface area contributed by atoms with Gasteiger partial charge in [0.25, 0.3) is 5.56 Å². The highest BCUT2D eigenvalue weighted by Crippen LogP contribution is 1.99. The number of hydrogen-bond donors (Lipinski definition) is 3. The molecule has 0 aliphatic rings. The molecule has 1 rings (SSSR count). The molecule has 0 fully saturated rings. The van der Waals surface area contributed by atoms with E-state index in [1.807, 2.05) is 0 Å². The van der Waals surface area contributed by atoms with E-state index in [4.69, 9.17) is 10.2 Å². The molecule has 5 nitrogen and oxygen atoms in total. The maximum absolute atomic E-state index is 10.5. The minimum Gasteiger partial charge on any atom is -0.363 e. The van der Waals surface area contributed by atoms with Crippen LogP contribution in [0.1, 0.15) is 12.0 Å². The zero-order chi connectivity index (χ0) is 7.56. The average Bonchev–Trinajstić information content (AvgIpc) is 1.88.